The zero-order chi connectivity index (χ0) is 15.1. The van der Waals surface area contributed by atoms with Crippen LogP contribution in [-0.2, 0) is 14.2 Å². The summed E-state index contributed by atoms with van der Waals surface area (Å²) in [5.41, 5.74) is 6.95. The molecule has 5 heterocycles. The second-order valence-electron chi connectivity index (χ2n) is 6.14. The molecule has 5 rings (SSSR count). The van der Waals surface area contributed by atoms with E-state index < -0.39 is 12.0 Å². The van der Waals surface area contributed by atoms with Gasteiger partial charge in [-0.3, -0.25) is 0 Å². The molecule has 2 aromatic heterocycles. The monoisotopic (exact) mass is 305 g/mol. The number of anilines is 1. The molecule has 9 nitrogen and oxygen atoms in total. The van der Waals surface area contributed by atoms with E-state index >= 15 is 0 Å². The summed E-state index contributed by atoms with van der Waals surface area (Å²) in [4.78, 5) is 12.6. The van der Waals surface area contributed by atoms with E-state index in [9.17, 15) is 0 Å². The van der Waals surface area contributed by atoms with Gasteiger partial charge >= 0.3 is 6.01 Å². The average Bonchev–Trinajstić information content (AvgIpc) is 3.02. The third-order valence-electron chi connectivity index (χ3n) is 4.23. The van der Waals surface area contributed by atoms with Crippen molar-refractivity contribution in [1.29, 1.82) is 0 Å². The summed E-state index contributed by atoms with van der Waals surface area (Å²) in [6.07, 6.45) is 0.375. The zero-order valence-electron chi connectivity index (χ0n) is 12.1. The Bertz CT molecular complexity index is 775. The second-order valence-corrected chi connectivity index (χ2v) is 6.14. The molecule has 0 saturated carbocycles. The Morgan fingerprint density at radius 1 is 1.27 bits per heavy atom. The summed E-state index contributed by atoms with van der Waals surface area (Å²) in [6, 6.07) is 0.418. The van der Waals surface area contributed by atoms with Gasteiger partial charge in [-0.2, -0.15) is 4.98 Å². The molecule has 4 atom stereocenters. The second kappa shape index (κ2) is 3.86. The lowest BCUT2D eigenvalue weighted by atomic mass is 10.1. The molecule has 0 unspecified atom stereocenters. The first kappa shape index (κ1) is 12.6. The van der Waals surface area contributed by atoms with Gasteiger partial charge in [-0.15, -0.1) is 0 Å². The molecule has 0 aromatic carbocycles. The molecule has 2 N–H and O–H groups in total. The third kappa shape index (κ3) is 1.50. The lowest BCUT2D eigenvalue weighted by molar-refractivity contribution is -0.195. The molecular weight excluding hydrogens is 290 g/mol. The number of nitrogens with zero attached hydrogens (tertiary/aromatic N) is 4. The van der Waals surface area contributed by atoms with Crippen LogP contribution in [0.2, 0.25) is 0 Å². The minimum absolute atomic E-state index is 0.176. The maximum Gasteiger partial charge on any atom is 0.301 e. The van der Waals surface area contributed by atoms with Crippen LogP contribution >= 0.6 is 0 Å². The molecule has 3 aliphatic heterocycles. The standard InChI is InChI=1S/C13H15N5O4/c1-13(2)21-7-5-3-19-12-17-6-9(14)15-4-16-10(6)18(12)11(20-5)8(7)22-13/h4-5,7-8,11H,3H2,1-2H3,(H2,14,15,16)/t5-,7-,8-,11-/m1/s1. The summed E-state index contributed by atoms with van der Waals surface area (Å²) >= 11 is 0. The molecule has 9 heteroatoms. The number of nitrogen functional groups attached to an aromatic ring is 1. The Morgan fingerprint density at radius 3 is 2.95 bits per heavy atom. The molecule has 0 radical (unpaired) electrons. The van der Waals surface area contributed by atoms with Crippen LogP contribution in [0.3, 0.4) is 0 Å². The summed E-state index contributed by atoms with van der Waals surface area (Å²) in [5, 5.41) is 0. The largest absolute Gasteiger partial charge is 0.462 e. The summed E-state index contributed by atoms with van der Waals surface area (Å²) < 4.78 is 25.6. The van der Waals surface area contributed by atoms with Crippen LogP contribution in [-0.4, -0.2) is 50.2 Å². The fourth-order valence-electron chi connectivity index (χ4n) is 3.40. The van der Waals surface area contributed by atoms with Crippen molar-refractivity contribution in [3.8, 4) is 6.01 Å². The van der Waals surface area contributed by atoms with E-state index in [1.807, 2.05) is 13.8 Å². The predicted molar refractivity (Wildman–Crippen MR) is 73.0 cm³/mol. The van der Waals surface area contributed by atoms with Crippen LogP contribution in [0.4, 0.5) is 5.82 Å². The van der Waals surface area contributed by atoms with Crippen LogP contribution in [0.1, 0.15) is 20.1 Å². The van der Waals surface area contributed by atoms with Gasteiger partial charge in [0.15, 0.2) is 29.0 Å². The number of imidazole rings is 1. The molecule has 2 aromatic rings. The fourth-order valence-corrected chi connectivity index (χ4v) is 3.40. The van der Waals surface area contributed by atoms with Crippen molar-refractivity contribution in [1.82, 2.24) is 19.5 Å². The lowest BCUT2D eigenvalue weighted by Crippen LogP contribution is -2.34. The molecule has 0 aliphatic carbocycles. The first-order valence-electron chi connectivity index (χ1n) is 7.16. The predicted octanol–water partition coefficient (Wildman–Crippen LogP) is 0.218. The number of nitrogens with two attached hydrogens (primary N) is 1. The fraction of sp³-hybridized carbons (Fsp3) is 0.615. The van der Waals surface area contributed by atoms with Gasteiger partial charge in [0, 0.05) is 0 Å². The van der Waals surface area contributed by atoms with E-state index in [1.54, 1.807) is 4.57 Å². The smallest absolute Gasteiger partial charge is 0.301 e. The van der Waals surface area contributed by atoms with Crippen molar-refractivity contribution in [2.75, 3.05) is 12.3 Å². The Labute approximate surface area is 125 Å². The van der Waals surface area contributed by atoms with Crippen molar-refractivity contribution in [3.63, 3.8) is 0 Å². The molecule has 0 spiro atoms. The van der Waals surface area contributed by atoms with Crippen LogP contribution in [0, 0.1) is 0 Å². The Kier molecular flexibility index (Phi) is 2.20. The number of hydrogen-bond donors (Lipinski definition) is 1. The average molecular weight is 305 g/mol. The highest BCUT2D eigenvalue weighted by Gasteiger charge is 2.58. The summed E-state index contributed by atoms with van der Waals surface area (Å²) in [6.45, 7) is 4.13. The van der Waals surface area contributed by atoms with Gasteiger partial charge in [0.2, 0.25) is 0 Å². The minimum atomic E-state index is -0.648. The van der Waals surface area contributed by atoms with E-state index in [-0.39, 0.29) is 18.3 Å². The Balaban J connectivity index is 1.70. The third-order valence-corrected chi connectivity index (χ3v) is 4.23. The number of aromatic nitrogens is 4. The SMILES string of the molecule is CC1(C)O[C@@H]2[C@H](O1)[C@H]1COc3nc4c(N)ncnc4n3[C@@H]2O1. The van der Waals surface area contributed by atoms with Gasteiger partial charge in [-0.25, -0.2) is 14.5 Å². The Morgan fingerprint density at radius 2 is 2.09 bits per heavy atom. The quantitative estimate of drug-likeness (QED) is 0.736. The van der Waals surface area contributed by atoms with Gasteiger partial charge in [0.05, 0.1) is 0 Å². The highest BCUT2D eigenvalue weighted by Crippen LogP contribution is 2.46. The van der Waals surface area contributed by atoms with Crippen molar-refractivity contribution >= 4 is 17.0 Å². The van der Waals surface area contributed by atoms with Gasteiger partial charge in [0.25, 0.3) is 0 Å². The maximum absolute atomic E-state index is 6.06. The maximum atomic E-state index is 6.06. The van der Waals surface area contributed by atoms with Gasteiger partial charge in [0.1, 0.15) is 31.2 Å². The molecule has 2 bridgehead atoms. The molecule has 22 heavy (non-hydrogen) atoms. The molecule has 0 amide bonds. The van der Waals surface area contributed by atoms with Gasteiger partial charge in [-0.05, 0) is 13.8 Å². The molecular formula is C13H15N5O4. The van der Waals surface area contributed by atoms with E-state index in [0.29, 0.717) is 29.6 Å². The van der Waals surface area contributed by atoms with E-state index in [1.165, 1.54) is 6.33 Å². The number of rotatable bonds is 0. The van der Waals surface area contributed by atoms with E-state index in [2.05, 4.69) is 15.0 Å². The number of fused-ring (bicyclic) bond motifs is 9. The lowest BCUT2D eigenvalue weighted by Gasteiger charge is -2.22. The summed E-state index contributed by atoms with van der Waals surface area (Å²) in [5.74, 6) is -0.339. The highest BCUT2D eigenvalue weighted by molar-refractivity contribution is 5.82. The van der Waals surface area contributed by atoms with Crippen molar-refractivity contribution < 1.29 is 18.9 Å². The summed E-state index contributed by atoms with van der Waals surface area (Å²) in [7, 11) is 0. The molecule has 3 aliphatic rings. The van der Waals surface area contributed by atoms with Crippen LogP contribution in [0.5, 0.6) is 6.01 Å². The normalized spacial score (nSPS) is 35.0. The molecule has 2 saturated heterocycles. The first-order valence-corrected chi connectivity index (χ1v) is 7.16. The van der Waals surface area contributed by atoms with Crippen molar-refractivity contribution in [3.05, 3.63) is 6.33 Å². The topological polar surface area (TPSA) is 107 Å². The first-order chi connectivity index (χ1) is 10.5. The van der Waals surface area contributed by atoms with Gasteiger partial charge < -0.3 is 24.7 Å². The van der Waals surface area contributed by atoms with Crippen molar-refractivity contribution in [2.45, 2.75) is 44.2 Å². The minimum Gasteiger partial charge on any atom is -0.462 e. The van der Waals surface area contributed by atoms with Crippen LogP contribution in [0.15, 0.2) is 6.33 Å². The molecule has 116 valence electrons. The van der Waals surface area contributed by atoms with E-state index in [0.717, 1.165) is 0 Å². The number of hydrogen-bond acceptors (Lipinski definition) is 8. The zero-order valence-corrected chi connectivity index (χ0v) is 12.1. The van der Waals surface area contributed by atoms with Gasteiger partial charge in [-0.1, -0.05) is 0 Å². The number of ether oxygens (including phenoxy) is 4. The van der Waals surface area contributed by atoms with Crippen molar-refractivity contribution in [2.24, 2.45) is 0 Å². The van der Waals surface area contributed by atoms with E-state index in [4.69, 9.17) is 24.7 Å². The van der Waals surface area contributed by atoms with Crippen LogP contribution < -0.4 is 10.5 Å². The Hall–Kier alpha value is -1.97. The molecule has 2 fully saturated rings. The highest BCUT2D eigenvalue weighted by atomic mass is 16.8. The van der Waals surface area contributed by atoms with Crippen LogP contribution in [0.25, 0.3) is 11.2 Å².